The van der Waals surface area contributed by atoms with E-state index in [1.54, 1.807) is 0 Å². The number of carbonyl (C=O) groups is 1. The molecule has 0 unspecified atom stereocenters. The van der Waals surface area contributed by atoms with Gasteiger partial charge in [-0.3, -0.25) is 4.79 Å². The van der Waals surface area contributed by atoms with Gasteiger partial charge in [-0.1, -0.05) is 5.16 Å². The molecule has 1 aromatic carbocycles. The van der Waals surface area contributed by atoms with Crippen molar-refractivity contribution in [2.24, 2.45) is 0 Å². The van der Waals surface area contributed by atoms with E-state index in [2.05, 4.69) is 10.1 Å². The van der Waals surface area contributed by atoms with E-state index in [0.29, 0.717) is 18.3 Å². The van der Waals surface area contributed by atoms with E-state index in [9.17, 15) is 4.79 Å². The summed E-state index contributed by atoms with van der Waals surface area (Å²) < 4.78 is 10.5. The molecule has 0 radical (unpaired) electrons. The summed E-state index contributed by atoms with van der Waals surface area (Å²) in [4.78, 5) is 14.7. The molecule has 3 rings (SSSR count). The molecule has 0 atom stereocenters. The van der Waals surface area contributed by atoms with Gasteiger partial charge in [0.1, 0.15) is 5.75 Å². The number of fused-ring (bicyclic) bond motifs is 1. The number of nitrogens with zero attached hydrogens (tertiary/aromatic N) is 2. The highest BCUT2D eigenvalue weighted by atomic mass is 16.5. The average Bonchev–Trinajstić information content (AvgIpc) is 3.04. The maximum absolute atomic E-state index is 10.5. The fourth-order valence-electron chi connectivity index (χ4n) is 2.01. The number of aliphatic carboxylic acids is 1. The first-order valence-corrected chi connectivity index (χ1v) is 6.03. The lowest BCUT2D eigenvalue weighted by Crippen LogP contribution is -1.97. The SMILES string of the molecule is O=C(O)CCc1nc(-c2ccc3c(c2)CCO3)no1. The predicted molar refractivity (Wildman–Crippen MR) is 64.9 cm³/mol. The lowest BCUT2D eigenvalue weighted by molar-refractivity contribution is -0.137. The zero-order valence-corrected chi connectivity index (χ0v) is 10.1. The molecule has 0 saturated heterocycles. The maximum atomic E-state index is 10.5. The summed E-state index contributed by atoms with van der Waals surface area (Å²) in [5, 5.41) is 12.5. The smallest absolute Gasteiger partial charge is 0.303 e. The fourth-order valence-corrected chi connectivity index (χ4v) is 2.01. The molecule has 0 bridgehead atoms. The Morgan fingerprint density at radius 3 is 3.16 bits per heavy atom. The molecule has 1 aliphatic heterocycles. The van der Waals surface area contributed by atoms with E-state index >= 15 is 0 Å². The van der Waals surface area contributed by atoms with Gasteiger partial charge >= 0.3 is 5.97 Å². The molecule has 0 saturated carbocycles. The minimum absolute atomic E-state index is 0.0142. The third-order valence-electron chi connectivity index (χ3n) is 2.97. The van der Waals surface area contributed by atoms with Crippen molar-refractivity contribution < 1.29 is 19.2 Å². The van der Waals surface area contributed by atoms with E-state index in [1.807, 2.05) is 18.2 Å². The van der Waals surface area contributed by atoms with Crippen molar-refractivity contribution in [2.75, 3.05) is 6.61 Å². The van der Waals surface area contributed by atoms with Crippen LogP contribution in [0.15, 0.2) is 22.7 Å². The second kappa shape index (κ2) is 4.72. The van der Waals surface area contributed by atoms with E-state index in [1.165, 1.54) is 0 Å². The highest BCUT2D eigenvalue weighted by molar-refractivity contribution is 5.67. The van der Waals surface area contributed by atoms with E-state index in [-0.39, 0.29) is 12.8 Å². The second-order valence-corrected chi connectivity index (χ2v) is 4.33. The molecular weight excluding hydrogens is 248 g/mol. The van der Waals surface area contributed by atoms with Crippen LogP contribution in [0.3, 0.4) is 0 Å². The largest absolute Gasteiger partial charge is 0.493 e. The monoisotopic (exact) mass is 260 g/mol. The molecule has 1 aliphatic rings. The summed E-state index contributed by atoms with van der Waals surface area (Å²) in [6.45, 7) is 0.703. The molecule has 0 spiro atoms. The van der Waals surface area contributed by atoms with Crippen molar-refractivity contribution in [3.63, 3.8) is 0 Å². The Hall–Kier alpha value is -2.37. The number of aryl methyl sites for hydroxylation is 1. The minimum Gasteiger partial charge on any atom is -0.493 e. The minimum atomic E-state index is -0.880. The lowest BCUT2D eigenvalue weighted by Gasteiger charge is -1.99. The van der Waals surface area contributed by atoms with Gasteiger partial charge in [0.15, 0.2) is 0 Å². The second-order valence-electron chi connectivity index (χ2n) is 4.33. The van der Waals surface area contributed by atoms with Gasteiger partial charge in [-0.2, -0.15) is 4.98 Å². The molecule has 0 fully saturated rings. The number of carboxylic acids is 1. The predicted octanol–water partition coefficient (Wildman–Crippen LogP) is 1.69. The van der Waals surface area contributed by atoms with E-state index < -0.39 is 5.97 Å². The van der Waals surface area contributed by atoms with Crippen LogP contribution in [-0.4, -0.2) is 27.8 Å². The number of benzene rings is 1. The van der Waals surface area contributed by atoms with E-state index in [0.717, 1.165) is 23.3 Å². The van der Waals surface area contributed by atoms with Crippen molar-refractivity contribution in [1.82, 2.24) is 10.1 Å². The van der Waals surface area contributed by atoms with Crippen LogP contribution in [0.25, 0.3) is 11.4 Å². The zero-order valence-electron chi connectivity index (χ0n) is 10.1. The van der Waals surface area contributed by atoms with Crippen molar-refractivity contribution >= 4 is 5.97 Å². The number of hydrogen-bond acceptors (Lipinski definition) is 5. The average molecular weight is 260 g/mol. The van der Waals surface area contributed by atoms with Crippen LogP contribution in [0.2, 0.25) is 0 Å². The van der Waals surface area contributed by atoms with Crippen molar-refractivity contribution in [2.45, 2.75) is 19.3 Å². The first-order valence-electron chi connectivity index (χ1n) is 6.03. The fraction of sp³-hybridized carbons (Fsp3) is 0.308. The summed E-state index contributed by atoms with van der Waals surface area (Å²) in [6.07, 6.45) is 1.11. The van der Waals surface area contributed by atoms with Crippen molar-refractivity contribution in [3.8, 4) is 17.1 Å². The summed E-state index contributed by atoms with van der Waals surface area (Å²) in [6, 6.07) is 5.75. The van der Waals surface area contributed by atoms with Crippen molar-refractivity contribution in [1.29, 1.82) is 0 Å². The summed E-state index contributed by atoms with van der Waals surface area (Å²) >= 11 is 0. The summed E-state index contributed by atoms with van der Waals surface area (Å²) in [7, 11) is 0. The first-order chi connectivity index (χ1) is 9.22. The standard InChI is InChI=1S/C13H12N2O4/c16-12(17)4-3-11-14-13(15-19-11)9-1-2-10-8(7-9)5-6-18-10/h1-2,7H,3-6H2,(H,16,17). The van der Waals surface area contributed by atoms with Gasteiger partial charge in [-0.25, -0.2) is 0 Å². The van der Waals surface area contributed by atoms with Crippen LogP contribution in [-0.2, 0) is 17.6 Å². The number of rotatable bonds is 4. The molecule has 6 heteroatoms. The van der Waals surface area contributed by atoms with Gasteiger partial charge in [0.2, 0.25) is 11.7 Å². The molecular formula is C13H12N2O4. The first kappa shape index (κ1) is 11.7. The Balaban J connectivity index is 1.80. The van der Waals surface area contributed by atoms with Crippen LogP contribution >= 0.6 is 0 Å². The van der Waals surface area contributed by atoms with E-state index in [4.69, 9.17) is 14.4 Å². The molecule has 98 valence electrons. The number of ether oxygens (including phenoxy) is 1. The van der Waals surface area contributed by atoms with Gasteiger partial charge in [0, 0.05) is 18.4 Å². The van der Waals surface area contributed by atoms with Crippen LogP contribution in [0.1, 0.15) is 17.9 Å². The van der Waals surface area contributed by atoms with Crippen molar-refractivity contribution in [3.05, 3.63) is 29.7 Å². The molecule has 1 N–H and O–H groups in total. The molecule has 2 heterocycles. The molecule has 2 aromatic rings. The van der Waals surface area contributed by atoms with Crippen LogP contribution in [0.4, 0.5) is 0 Å². The third-order valence-corrected chi connectivity index (χ3v) is 2.97. The highest BCUT2D eigenvalue weighted by Gasteiger charge is 2.15. The topological polar surface area (TPSA) is 85.5 Å². The number of aromatic nitrogens is 2. The third kappa shape index (κ3) is 2.42. The van der Waals surface area contributed by atoms with Crippen LogP contribution < -0.4 is 4.74 Å². The van der Waals surface area contributed by atoms with Gasteiger partial charge < -0.3 is 14.4 Å². The highest BCUT2D eigenvalue weighted by Crippen LogP contribution is 2.29. The Kier molecular flexibility index (Phi) is 2.91. The number of hydrogen-bond donors (Lipinski definition) is 1. The Morgan fingerprint density at radius 1 is 1.42 bits per heavy atom. The molecule has 0 amide bonds. The summed E-state index contributed by atoms with van der Waals surface area (Å²) in [5.74, 6) is 0.844. The number of carboxylic acid groups (broad SMARTS) is 1. The Morgan fingerprint density at radius 2 is 2.32 bits per heavy atom. The van der Waals surface area contributed by atoms with Crippen LogP contribution in [0, 0.1) is 0 Å². The Bertz CT molecular complexity index is 621. The van der Waals surface area contributed by atoms with Gasteiger partial charge in [0.25, 0.3) is 0 Å². The molecule has 0 aliphatic carbocycles. The van der Waals surface area contributed by atoms with Crippen LogP contribution in [0.5, 0.6) is 5.75 Å². The zero-order chi connectivity index (χ0) is 13.2. The van der Waals surface area contributed by atoms with Gasteiger partial charge in [-0.15, -0.1) is 0 Å². The summed E-state index contributed by atoms with van der Waals surface area (Å²) in [5.41, 5.74) is 1.99. The lowest BCUT2D eigenvalue weighted by atomic mass is 10.1. The molecule has 19 heavy (non-hydrogen) atoms. The molecule has 1 aromatic heterocycles. The Labute approximate surface area is 109 Å². The van der Waals surface area contributed by atoms with Gasteiger partial charge in [-0.05, 0) is 23.8 Å². The normalized spacial score (nSPS) is 13.1. The molecule has 6 nitrogen and oxygen atoms in total. The van der Waals surface area contributed by atoms with Gasteiger partial charge in [0.05, 0.1) is 13.0 Å². The maximum Gasteiger partial charge on any atom is 0.303 e. The quantitative estimate of drug-likeness (QED) is 0.900.